The molecule has 3 fully saturated rings. The Morgan fingerprint density at radius 3 is 2.05 bits per heavy atom. The number of carbonyl (C=O) groups is 2. The molecule has 2 saturated heterocycles. The van der Waals surface area contributed by atoms with E-state index >= 15 is 0 Å². The lowest BCUT2D eigenvalue weighted by Crippen LogP contribution is -2.42. The van der Waals surface area contributed by atoms with E-state index in [9.17, 15) is 9.59 Å². The van der Waals surface area contributed by atoms with Crippen molar-refractivity contribution in [3.63, 3.8) is 0 Å². The summed E-state index contributed by atoms with van der Waals surface area (Å²) in [6, 6.07) is 0. The number of rotatable bonds is 6. The van der Waals surface area contributed by atoms with Crippen LogP contribution < -0.4 is 0 Å². The minimum Gasteiger partial charge on any atom is -0.463 e. The molecule has 0 aromatic heterocycles. The largest absolute Gasteiger partial charge is 0.463 e. The second-order valence-corrected chi connectivity index (χ2v) is 6.86. The van der Waals surface area contributed by atoms with Crippen LogP contribution >= 0.6 is 0 Å². The fourth-order valence-corrected chi connectivity index (χ4v) is 3.38. The third-order valence-corrected chi connectivity index (χ3v) is 4.68. The monoisotopic (exact) mass is 312 g/mol. The van der Waals surface area contributed by atoms with Crippen molar-refractivity contribution in [3.8, 4) is 0 Å². The van der Waals surface area contributed by atoms with E-state index in [1.165, 1.54) is 0 Å². The number of hydrogen-bond donors (Lipinski definition) is 0. The summed E-state index contributed by atoms with van der Waals surface area (Å²) in [4.78, 5) is 24.8. The van der Waals surface area contributed by atoms with Crippen molar-refractivity contribution in [1.82, 2.24) is 0 Å². The summed E-state index contributed by atoms with van der Waals surface area (Å²) < 4.78 is 20.8. The van der Waals surface area contributed by atoms with Gasteiger partial charge in [-0.3, -0.25) is 9.59 Å². The van der Waals surface area contributed by atoms with Gasteiger partial charge in [0.1, 0.15) is 25.4 Å². The zero-order valence-electron chi connectivity index (χ0n) is 13.2. The lowest BCUT2D eigenvalue weighted by Gasteiger charge is -2.36. The number of hydrogen-bond acceptors (Lipinski definition) is 6. The molecule has 0 aromatic carbocycles. The molecule has 0 amide bonds. The van der Waals surface area contributed by atoms with Gasteiger partial charge in [-0.15, -0.1) is 0 Å². The molecule has 0 radical (unpaired) electrons. The average molecular weight is 312 g/mol. The Kier molecular flexibility index (Phi) is 4.68. The lowest BCUT2D eigenvalue weighted by molar-refractivity contribution is -0.167. The second kappa shape index (κ2) is 6.54. The first-order valence-corrected chi connectivity index (χ1v) is 8.11. The Morgan fingerprint density at radius 2 is 1.50 bits per heavy atom. The van der Waals surface area contributed by atoms with Crippen LogP contribution in [0.4, 0.5) is 0 Å². The second-order valence-electron chi connectivity index (χ2n) is 6.86. The molecule has 3 aliphatic rings. The van der Waals surface area contributed by atoms with E-state index in [1.807, 2.05) is 6.92 Å². The van der Waals surface area contributed by atoms with Gasteiger partial charge < -0.3 is 18.9 Å². The van der Waals surface area contributed by atoms with Crippen molar-refractivity contribution < 1.29 is 28.5 Å². The highest BCUT2D eigenvalue weighted by Crippen LogP contribution is 2.39. The van der Waals surface area contributed by atoms with Crippen LogP contribution in [0, 0.1) is 23.7 Å². The molecule has 2 heterocycles. The van der Waals surface area contributed by atoms with Crippen LogP contribution in [0.5, 0.6) is 0 Å². The van der Waals surface area contributed by atoms with Crippen LogP contribution in [0.2, 0.25) is 0 Å². The minimum absolute atomic E-state index is 0.0409. The first-order valence-electron chi connectivity index (χ1n) is 8.11. The van der Waals surface area contributed by atoms with E-state index in [4.69, 9.17) is 18.9 Å². The molecule has 6 nitrogen and oxygen atoms in total. The molecule has 3 rings (SSSR count). The van der Waals surface area contributed by atoms with Gasteiger partial charge in [-0.1, -0.05) is 13.8 Å². The lowest BCUT2D eigenvalue weighted by atomic mass is 9.69. The number of esters is 2. The zero-order chi connectivity index (χ0) is 15.7. The Balaban J connectivity index is 1.61. The number of epoxide rings is 2. The maximum Gasteiger partial charge on any atom is 0.310 e. The van der Waals surface area contributed by atoms with Crippen molar-refractivity contribution in [3.05, 3.63) is 0 Å². The summed E-state index contributed by atoms with van der Waals surface area (Å²) in [6.07, 6.45) is 1.68. The van der Waals surface area contributed by atoms with Gasteiger partial charge in [0.05, 0.1) is 25.0 Å². The maximum absolute atomic E-state index is 12.4. The smallest absolute Gasteiger partial charge is 0.310 e. The average Bonchev–Trinajstić information content (AvgIpc) is 3.36. The Hall–Kier alpha value is -1.14. The summed E-state index contributed by atoms with van der Waals surface area (Å²) >= 11 is 0. The predicted molar refractivity (Wildman–Crippen MR) is 75.9 cm³/mol. The van der Waals surface area contributed by atoms with Crippen LogP contribution in [0.1, 0.15) is 26.7 Å². The van der Waals surface area contributed by atoms with Crippen LogP contribution in [0.25, 0.3) is 0 Å². The van der Waals surface area contributed by atoms with Crippen molar-refractivity contribution in [2.75, 3.05) is 26.4 Å². The van der Waals surface area contributed by atoms with E-state index in [2.05, 4.69) is 6.92 Å². The molecule has 1 saturated carbocycles. The van der Waals surface area contributed by atoms with Gasteiger partial charge in [0.2, 0.25) is 0 Å². The first-order chi connectivity index (χ1) is 10.5. The SMILES string of the molecule is CC1CC(C)C(C(=O)OCC2CO2)C(C(=O)OCC2CO2)C1. The molecule has 1 aliphatic carbocycles. The summed E-state index contributed by atoms with van der Waals surface area (Å²) in [7, 11) is 0. The quantitative estimate of drug-likeness (QED) is 0.541. The molecular weight excluding hydrogens is 288 g/mol. The van der Waals surface area contributed by atoms with E-state index < -0.39 is 11.8 Å². The fraction of sp³-hybridized carbons (Fsp3) is 0.875. The summed E-state index contributed by atoms with van der Waals surface area (Å²) in [5.74, 6) is -0.891. The molecule has 6 atom stereocenters. The Labute approximate surface area is 130 Å². The van der Waals surface area contributed by atoms with Gasteiger partial charge in [0.25, 0.3) is 0 Å². The molecule has 0 spiro atoms. The molecule has 0 aromatic rings. The summed E-state index contributed by atoms with van der Waals surface area (Å²) in [6.45, 7) is 6.00. The minimum atomic E-state index is -0.414. The standard InChI is InChI=1S/C16H24O6/c1-9-3-10(2)14(16(18)22-8-12-6-20-12)13(4-9)15(17)21-7-11-5-19-11/h9-14H,3-8H2,1-2H3. The van der Waals surface area contributed by atoms with Gasteiger partial charge in [-0.2, -0.15) is 0 Å². The van der Waals surface area contributed by atoms with Gasteiger partial charge in [0, 0.05) is 0 Å². The highest BCUT2D eigenvalue weighted by atomic mass is 16.6. The highest BCUT2D eigenvalue weighted by molar-refractivity contribution is 5.82. The third-order valence-electron chi connectivity index (χ3n) is 4.68. The highest BCUT2D eigenvalue weighted by Gasteiger charge is 2.45. The normalized spacial score (nSPS) is 39.9. The third kappa shape index (κ3) is 3.98. The van der Waals surface area contributed by atoms with Gasteiger partial charge >= 0.3 is 11.9 Å². The van der Waals surface area contributed by atoms with E-state index in [0.717, 1.165) is 6.42 Å². The molecule has 2 aliphatic heterocycles. The predicted octanol–water partition coefficient (Wildman–Crippen LogP) is 1.17. The Morgan fingerprint density at radius 1 is 0.955 bits per heavy atom. The molecular formula is C16H24O6. The molecule has 22 heavy (non-hydrogen) atoms. The topological polar surface area (TPSA) is 77.7 Å². The van der Waals surface area contributed by atoms with Crippen molar-refractivity contribution in [2.45, 2.75) is 38.9 Å². The van der Waals surface area contributed by atoms with Crippen LogP contribution in [-0.4, -0.2) is 50.6 Å². The van der Waals surface area contributed by atoms with Gasteiger partial charge in [0.15, 0.2) is 0 Å². The van der Waals surface area contributed by atoms with Gasteiger partial charge in [-0.25, -0.2) is 0 Å². The number of carbonyl (C=O) groups excluding carboxylic acids is 2. The summed E-state index contributed by atoms with van der Waals surface area (Å²) in [5, 5.41) is 0. The van der Waals surface area contributed by atoms with Crippen molar-refractivity contribution >= 4 is 11.9 Å². The van der Waals surface area contributed by atoms with E-state index in [-0.39, 0.29) is 43.3 Å². The number of ether oxygens (including phenoxy) is 4. The van der Waals surface area contributed by atoms with E-state index in [0.29, 0.717) is 25.6 Å². The molecule has 124 valence electrons. The maximum atomic E-state index is 12.4. The zero-order valence-corrected chi connectivity index (χ0v) is 13.2. The molecule has 0 N–H and O–H groups in total. The van der Waals surface area contributed by atoms with Crippen molar-refractivity contribution in [1.29, 1.82) is 0 Å². The molecule has 6 unspecified atom stereocenters. The fourth-order valence-electron chi connectivity index (χ4n) is 3.38. The van der Waals surface area contributed by atoms with E-state index in [1.54, 1.807) is 0 Å². The summed E-state index contributed by atoms with van der Waals surface area (Å²) in [5.41, 5.74) is 0. The van der Waals surface area contributed by atoms with Crippen LogP contribution in [0.3, 0.4) is 0 Å². The molecule has 0 bridgehead atoms. The van der Waals surface area contributed by atoms with Crippen LogP contribution in [0.15, 0.2) is 0 Å². The Bertz CT molecular complexity index is 428. The van der Waals surface area contributed by atoms with Crippen LogP contribution in [-0.2, 0) is 28.5 Å². The molecule has 6 heteroatoms. The van der Waals surface area contributed by atoms with Gasteiger partial charge in [-0.05, 0) is 24.7 Å². The van der Waals surface area contributed by atoms with Crippen molar-refractivity contribution in [2.24, 2.45) is 23.7 Å². The first kappa shape index (κ1) is 15.7.